The molecular weight excluding hydrogens is 668 g/mol. The molecule has 6 rings (SSSR count). The summed E-state index contributed by atoms with van der Waals surface area (Å²) in [7, 11) is 0. The van der Waals surface area contributed by atoms with E-state index < -0.39 is 12.0 Å². The molecule has 0 unspecified atom stereocenters. The SMILES string of the molecule is Cc1c(COc2cc(OCc3cccc(C#N)c3)c(CN[C@H](COCc3ccccc3)C(=O)O)cc2Cl)cccc1-c1ccc2c(c1)OCCO2. The van der Waals surface area contributed by atoms with Crippen LogP contribution in [-0.2, 0) is 35.9 Å². The Morgan fingerprint density at radius 3 is 2.41 bits per heavy atom. The van der Waals surface area contributed by atoms with Crippen molar-refractivity contribution in [3.05, 3.63) is 142 Å². The van der Waals surface area contributed by atoms with Gasteiger partial charge in [0.15, 0.2) is 11.5 Å². The zero-order valence-corrected chi connectivity index (χ0v) is 28.8. The summed E-state index contributed by atoms with van der Waals surface area (Å²) < 4.78 is 29.8. The van der Waals surface area contributed by atoms with Gasteiger partial charge in [0, 0.05) is 18.2 Å². The molecule has 5 aromatic rings. The van der Waals surface area contributed by atoms with Gasteiger partial charge in [0.25, 0.3) is 0 Å². The first-order chi connectivity index (χ1) is 24.9. The van der Waals surface area contributed by atoms with Crippen LogP contribution in [0.1, 0.15) is 33.4 Å². The molecule has 1 aliphatic rings. The van der Waals surface area contributed by atoms with Crippen molar-refractivity contribution in [2.24, 2.45) is 0 Å². The predicted molar refractivity (Wildman–Crippen MR) is 193 cm³/mol. The van der Waals surface area contributed by atoms with Crippen LogP contribution in [0, 0.1) is 18.3 Å². The van der Waals surface area contributed by atoms with Gasteiger partial charge in [-0.3, -0.25) is 10.1 Å². The molecule has 0 saturated carbocycles. The molecule has 0 saturated heterocycles. The molecule has 0 fully saturated rings. The van der Waals surface area contributed by atoms with Crippen molar-refractivity contribution in [2.45, 2.75) is 39.3 Å². The first-order valence-corrected chi connectivity index (χ1v) is 16.9. The van der Waals surface area contributed by atoms with E-state index in [1.54, 1.807) is 30.3 Å². The van der Waals surface area contributed by atoms with E-state index in [9.17, 15) is 15.2 Å². The minimum atomic E-state index is -1.04. The maximum absolute atomic E-state index is 12.1. The standard InChI is InChI=1S/C41H37ClN2O7/c1-27-32(11-6-12-34(27)31-13-14-37-40(19-31)49-16-15-48-37)25-51-39-20-38(50-24-30-10-5-9-29(17-30)21-43)33(18-35(39)42)22-44-36(41(45)46)26-47-23-28-7-3-2-4-8-28/h2-14,17-20,36,44H,15-16,22-26H2,1H3,(H,45,46)/t36-/m1/s1. The second-order valence-electron chi connectivity index (χ2n) is 12.0. The number of aliphatic carboxylic acids is 1. The Hall–Kier alpha value is -5.53. The molecule has 1 aliphatic heterocycles. The molecule has 9 nitrogen and oxygen atoms in total. The number of benzene rings is 5. The highest BCUT2D eigenvalue weighted by molar-refractivity contribution is 6.32. The molecule has 10 heteroatoms. The second kappa shape index (κ2) is 16.9. The summed E-state index contributed by atoms with van der Waals surface area (Å²) in [6.45, 7) is 3.89. The van der Waals surface area contributed by atoms with E-state index >= 15 is 0 Å². The number of ether oxygens (including phenoxy) is 5. The predicted octanol–water partition coefficient (Wildman–Crippen LogP) is 7.88. The van der Waals surface area contributed by atoms with Gasteiger partial charge in [0.05, 0.1) is 29.9 Å². The van der Waals surface area contributed by atoms with Crippen LogP contribution in [0.2, 0.25) is 5.02 Å². The summed E-state index contributed by atoms with van der Waals surface area (Å²) in [6.07, 6.45) is 0. The van der Waals surface area contributed by atoms with Gasteiger partial charge in [0.2, 0.25) is 0 Å². The van der Waals surface area contributed by atoms with Gasteiger partial charge in [0.1, 0.15) is 44.0 Å². The Labute approximate surface area is 301 Å². The van der Waals surface area contributed by atoms with Gasteiger partial charge >= 0.3 is 5.97 Å². The second-order valence-corrected chi connectivity index (χ2v) is 12.4. The van der Waals surface area contributed by atoms with Crippen molar-refractivity contribution in [2.75, 3.05) is 19.8 Å². The van der Waals surface area contributed by atoms with E-state index in [4.69, 9.17) is 35.3 Å². The fourth-order valence-corrected chi connectivity index (χ4v) is 5.93. The monoisotopic (exact) mass is 704 g/mol. The lowest BCUT2D eigenvalue weighted by atomic mass is 9.96. The number of hydrogen-bond donors (Lipinski definition) is 2. The average molecular weight is 705 g/mol. The molecule has 1 atom stereocenters. The number of nitrogens with one attached hydrogen (secondary N) is 1. The highest BCUT2D eigenvalue weighted by atomic mass is 35.5. The molecule has 0 aliphatic carbocycles. The topological polar surface area (TPSA) is 119 Å². The van der Waals surface area contributed by atoms with Gasteiger partial charge in [-0.1, -0.05) is 78.3 Å². The first kappa shape index (κ1) is 35.3. The number of rotatable bonds is 15. The van der Waals surface area contributed by atoms with Gasteiger partial charge in [-0.05, 0) is 70.6 Å². The third kappa shape index (κ3) is 9.18. The zero-order valence-electron chi connectivity index (χ0n) is 28.1. The van der Waals surface area contributed by atoms with Crippen LogP contribution in [0.15, 0.2) is 103 Å². The normalized spacial score (nSPS) is 12.5. The van der Waals surface area contributed by atoms with Crippen LogP contribution in [0.5, 0.6) is 23.0 Å². The summed E-state index contributed by atoms with van der Waals surface area (Å²) >= 11 is 6.78. The summed E-state index contributed by atoms with van der Waals surface area (Å²) in [5, 5.41) is 22.7. The fourth-order valence-electron chi connectivity index (χ4n) is 5.69. The number of nitriles is 1. The maximum atomic E-state index is 12.1. The Kier molecular flexibility index (Phi) is 11.7. The molecule has 1 heterocycles. The van der Waals surface area contributed by atoms with Crippen molar-refractivity contribution in [1.29, 1.82) is 5.26 Å². The van der Waals surface area contributed by atoms with Crippen molar-refractivity contribution >= 4 is 17.6 Å². The van der Waals surface area contributed by atoms with Crippen molar-refractivity contribution in [3.8, 4) is 40.2 Å². The van der Waals surface area contributed by atoms with Crippen LogP contribution < -0.4 is 24.3 Å². The first-order valence-electron chi connectivity index (χ1n) is 16.5. The lowest BCUT2D eigenvalue weighted by Crippen LogP contribution is -2.40. The van der Waals surface area contributed by atoms with E-state index in [2.05, 4.69) is 17.5 Å². The molecule has 0 amide bonds. The molecule has 260 valence electrons. The smallest absolute Gasteiger partial charge is 0.323 e. The number of carbonyl (C=O) groups is 1. The highest BCUT2D eigenvalue weighted by Gasteiger charge is 2.20. The molecule has 0 radical (unpaired) electrons. The molecule has 0 bridgehead atoms. The fraction of sp³-hybridized carbons (Fsp3) is 0.220. The molecule has 2 N–H and O–H groups in total. The Morgan fingerprint density at radius 2 is 1.61 bits per heavy atom. The third-order valence-electron chi connectivity index (χ3n) is 8.48. The van der Waals surface area contributed by atoms with E-state index in [1.807, 2.05) is 73.7 Å². The minimum Gasteiger partial charge on any atom is -0.488 e. The van der Waals surface area contributed by atoms with E-state index in [0.717, 1.165) is 44.9 Å². The van der Waals surface area contributed by atoms with Crippen LogP contribution in [-0.4, -0.2) is 36.9 Å². The molecule has 0 spiro atoms. The summed E-state index contributed by atoms with van der Waals surface area (Å²) in [5.74, 6) is 1.29. The van der Waals surface area contributed by atoms with Crippen molar-refractivity contribution in [1.82, 2.24) is 5.32 Å². The molecule has 5 aromatic carbocycles. The molecule has 51 heavy (non-hydrogen) atoms. The zero-order chi connectivity index (χ0) is 35.6. The van der Waals surface area contributed by atoms with Crippen LogP contribution >= 0.6 is 11.6 Å². The Bertz CT molecular complexity index is 2030. The average Bonchev–Trinajstić information content (AvgIpc) is 3.16. The molecule has 0 aromatic heterocycles. The summed E-state index contributed by atoms with van der Waals surface area (Å²) in [5.41, 5.74) is 6.98. The van der Waals surface area contributed by atoms with Gasteiger partial charge in [-0.25, -0.2) is 0 Å². The number of carboxylic acid groups (broad SMARTS) is 1. The van der Waals surface area contributed by atoms with Gasteiger partial charge in [-0.15, -0.1) is 0 Å². The number of hydrogen-bond acceptors (Lipinski definition) is 8. The Morgan fingerprint density at radius 1 is 0.843 bits per heavy atom. The number of carboxylic acids is 1. The van der Waals surface area contributed by atoms with Crippen LogP contribution in [0.25, 0.3) is 11.1 Å². The van der Waals surface area contributed by atoms with E-state index in [0.29, 0.717) is 47.5 Å². The lowest BCUT2D eigenvalue weighted by molar-refractivity contribution is -0.141. The van der Waals surface area contributed by atoms with Crippen molar-refractivity contribution in [3.63, 3.8) is 0 Å². The quantitative estimate of drug-likeness (QED) is 0.112. The summed E-state index contributed by atoms with van der Waals surface area (Å²) in [4.78, 5) is 12.1. The summed E-state index contributed by atoms with van der Waals surface area (Å²) in [6, 6.07) is 33.3. The maximum Gasteiger partial charge on any atom is 0.323 e. The number of nitrogens with zero attached hydrogens (tertiary/aromatic N) is 1. The van der Waals surface area contributed by atoms with Crippen LogP contribution in [0.3, 0.4) is 0 Å². The Balaban J connectivity index is 1.19. The van der Waals surface area contributed by atoms with Crippen molar-refractivity contribution < 1.29 is 33.6 Å². The molecular formula is C41H37ClN2O7. The number of halogens is 1. The number of fused-ring (bicyclic) bond motifs is 1. The largest absolute Gasteiger partial charge is 0.488 e. The minimum absolute atomic E-state index is 0.0407. The lowest BCUT2D eigenvalue weighted by Gasteiger charge is -2.20. The van der Waals surface area contributed by atoms with Gasteiger partial charge in [-0.2, -0.15) is 5.26 Å². The highest BCUT2D eigenvalue weighted by Crippen LogP contribution is 2.37. The van der Waals surface area contributed by atoms with E-state index in [-0.39, 0.29) is 26.4 Å². The van der Waals surface area contributed by atoms with Gasteiger partial charge < -0.3 is 28.8 Å². The third-order valence-corrected chi connectivity index (χ3v) is 8.78. The van der Waals surface area contributed by atoms with E-state index in [1.165, 1.54) is 0 Å². The van der Waals surface area contributed by atoms with Crippen LogP contribution in [0.4, 0.5) is 0 Å².